The normalized spacial score (nSPS) is 30.0. The molecule has 0 aromatic carbocycles. The number of aromatic nitrogens is 2. The number of alkyl carbamates (subject to hydrolysis) is 1. The lowest BCUT2D eigenvalue weighted by Gasteiger charge is -2.38. The van der Waals surface area contributed by atoms with E-state index in [9.17, 15) is 49.5 Å². The number of aliphatic hydroxyl groups excluding tert-OH is 4. The molecule has 0 radical (unpaired) electrons. The molecule has 2 amide bonds. The van der Waals surface area contributed by atoms with E-state index in [1.807, 2.05) is 4.98 Å². The number of H-pyrrole nitrogens is 1. The summed E-state index contributed by atoms with van der Waals surface area (Å²) in [4.78, 5) is 68.4. The highest BCUT2D eigenvalue weighted by Gasteiger charge is 2.55. The standard InChI is InChI=1S/C27H39N5O14.C6H15N/c1-27(2,3)46-26(42)28-10-12-15(34)18(37)24(43-12)45-19(14-21(38)31(5)11(23(39)40)6-8-30(14)4)20-16(35)17(36)22(44-20)32-9-7-13(33)29-25(32)41;1-4-7(5-2)6-3/h6-7,9,12,14-20,22,24,34-37H,8,10H2,1-5H3,(H,28,42)(H,39,40)(H,29,33,41);4-6H2,1-3H3/t12-,14+,15-,16+,17-,18-,19+,20+,22-,24+;/m1./s1. The van der Waals surface area contributed by atoms with Gasteiger partial charge in [-0.25, -0.2) is 14.4 Å². The fraction of sp³-hybridized carbons (Fsp3) is 0.727. The van der Waals surface area contributed by atoms with Crippen molar-refractivity contribution in [1.29, 1.82) is 0 Å². The molecule has 4 heterocycles. The van der Waals surface area contributed by atoms with Gasteiger partial charge in [0.15, 0.2) is 12.5 Å². The van der Waals surface area contributed by atoms with E-state index in [0.717, 1.165) is 21.7 Å². The van der Waals surface area contributed by atoms with Gasteiger partial charge in [-0.05, 0) is 53.5 Å². The summed E-state index contributed by atoms with van der Waals surface area (Å²) in [6.07, 6.45) is -13.4. The molecule has 1 aromatic rings. The lowest BCUT2D eigenvalue weighted by atomic mass is 9.97. The molecule has 0 bridgehead atoms. The maximum atomic E-state index is 13.8. The van der Waals surface area contributed by atoms with Crippen molar-refractivity contribution >= 4 is 18.0 Å². The first kappa shape index (κ1) is 43.7. The van der Waals surface area contributed by atoms with E-state index in [-0.39, 0.29) is 18.8 Å². The minimum atomic E-state index is -1.84. The number of nitrogens with one attached hydrogen (secondary N) is 2. The van der Waals surface area contributed by atoms with Crippen LogP contribution in [0.15, 0.2) is 33.6 Å². The molecule has 2 fully saturated rings. The predicted octanol–water partition coefficient (Wildman–Crippen LogP) is -2.40. The Morgan fingerprint density at radius 2 is 1.62 bits per heavy atom. The van der Waals surface area contributed by atoms with Crippen molar-refractivity contribution in [1.82, 2.24) is 29.6 Å². The number of hydrogen-bond acceptors (Lipinski definition) is 15. The molecule has 3 aliphatic rings. The van der Waals surface area contributed by atoms with E-state index in [0.29, 0.717) is 0 Å². The number of carbonyl (C=O) groups excluding carboxylic acids is 2. The Labute approximate surface area is 306 Å². The van der Waals surface area contributed by atoms with Gasteiger partial charge in [-0.3, -0.25) is 24.0 Å². The smallest absolute Gasteiger partial charge is 0.407 e. The number of nitrogens with zero attached hydrogens (tertiary/aromatic N) is 4. The lowest BCUT2D eigenvalue weighted by Crippen LogP contribution is -2.59. The molecule has 0 aliphatic carbocycles. The van der Waals surface area contributed by atoms with Crippen molar-refractivity contribution in [2.75, 3.05) is 46.8 Å². The van der Waals surface area contributed by atoms with Gasteiger partial charge in [-0.15, -0.1) is 0 Å². The number of aliphatic hydroxyl groups is 4. The number of aliphatic carboxylic acids is 1. The zero-order chi connectivity index (χ0) is 39.9. The average Bonchev–Trinajstić information content (AvgIpc) is 3.47. The van der Waals surface area contributed by atoms with Gasteiger partial charge < -0.3 is 59.6 Å². The maximum absolute atomic E-state index is 13.8. The van der Waals surface area contributed by atoms with Crippen molar-refractivity contribution in [2.45, 2.75) is 108 Å². The Hall–Kier alpha value is -3.73. The van der Waals surface area contributed by atoms with Gasteiger partial charge in [0.1, 0.15) is 60.1 Å². The van der Waals surface area contributed by atoms with E-state index < -0.39 is 96.1 Å². The molecule has 20 nitrogen and oxygen atoms in total. The Morgan fingerprint density at radius 3 is 2.15 bits per heavy atom. The van der Waals surface area contributed by atoms with Crippen LogP contribution in [0, 0.1) is 0 Å². The van der Waals surface area contributed by atoms with Gasteiger partial charge in [0.25, 0.3) is 5.56 Å². The van der Waals surface area contributed by atoms with Gasteiger partial charge in [0.05, 0.1) is 0 Å². The van der Waals surface area contributed by atoms with E-state index in [1.54, 1.807) is 20.8 Å². The van der Waals surface area contributed by atoms with Gasteiger partial charge in [0, 0.05) is 32.4 Å². The molecule has 0 unspecified atom stereocenters. The number of carbonyl (C=O) groups is 3. The molecule has 2 saturated heterocycles. The molecule has 1 aromatic heterocycles. The number of likely N-dealkylation sites (N-methyl/N-ethyl adjacent to an activating group) is 2. The Morgan fingerprint density at radius 1 is 1.00 bits per heavy atom. The van der Waals surface area contributed by atoms with E-state index in [4.69, 9.17) is 18.9 Å². The van der Waals surface area contributed by atoms with Crippen molar-refractivity contribution < 1.29 is 58.9 Å². The highest BCUT2D eigenvalue weighted by atomic mass is 16.7. The first-order chi connectivity index (χ1) is 24.8. The number of amides is 2. The second-order valence-corrected chi connectivity index (χ2v) is 13.8. The summed E-state index contributed by atoms with van der Waals surface area (Å²) >= 11 is 0. The lowest BCUT2D eigenvalue weighted by molar-refractivity contribution is -0.233. The fourth-order valence-electron chi connectivity index (χ4n) is 6.07. The highest BCUT2D eigenvalue weighted by Crippen LogP contribution is 2.36. The summed E-state index contributed by atoms with van der Waals surface area (Å²) in [6, 6.07) is -0.472. The monoisotopic (exact) mass is 758 g/mol. The molecule has 0 saturated carbocycles. The average molecular weight is 759 g/mol. The predicted molar refractivity (Wildman–Crippen MR) is 185 cm³/mol. The summed E-state index contributed by atoms with van der Waals surface area (Å²) in [5.41, 5.74) is -2.88. The number of aromatic amines is 1. The Bertz CT molecular complexity index is 1550. The van der Waals surface area contributed by atoms with E-state index in [1.165, 1.54) is 44.7 Å². The molecule has 7 N–H and O–H groups in total. The SMILES string of the molecule is CCN(CC)CC.CN1C(=O)[C@H]([C@H](O[C@@H]2O[C@H](CNC(=O)OC(C)(C)C)[C@@H](O)[C@H]2O)[C@H]2O[C@@H](n3ccc(=O)[nH]c3=O)[C@H](O)[C@@H]2O)N(C)CC=C1C(=O)O. The zero-order valence-corrected chi connectivity index (χ0v) is 31.2. The minimum Gasteiger partial charge on any atom is -0.477 e. The largest absolute Gasteiger partial charge is 0.477 e. The third-order valence-electron chi connectivity index (χ3n) is 9.05. The number of carboxylic acids is 1. The molecule has 20 heteroatoms. The summed E-state index contributed by atoms with van der Waals surface area (Å²) in [7, 11) is 2.65. The van der Waals surface area contributed by atoms with E-state index in [2.05, 4.69) is 31.0 Å². The summed E-state index contributed by atoms with van der Waals surface area (Å²) in [5, 5.41) is 55.7. The molecular formula is C33H54N6O14. The molecular weight excluding hydrogens is 704 g/mol. The van der Waals surface area contributed by atoms with Gasteiger partial charge >= 0.3 is 17.8 Å². The third kappa shape index (κ3) is 10.7. The molecule has 3 aliphatic heterocycles. The fourth-order valence-corrected chi connectivity index (χ4v) is 6.07. The van der Waals surface area contributed by atoms with Crippen LogP contribution in [0.1, 0.15) is 47.8 Å². The second kappa shape index (κ2) is 18.5. The van der Waals surface area contributed by atoms with Crippen LogP contribution in [-0.4, -0.2) is 175 Å². The highest BCUT2D eigenvalue weighted by molar-refractivity contribution is 5.95. The number of rotatable bonds is 11. The second-order valence-electron chi connectivity index (χ2n) is 13.8. The van der Waals surface area contributed by atoms with Crippen molar-refractivity contribution in [3.8, 4) is 0 Å². The Kier molecular flexibility index (Phi) is 15.3. The first-order valence-corrected chi connectivity index (χ1v) is 17.4. The van der Waals surface area contributed by atoms with Gasteiger partial charge in [-0.1, -0.05) is 20.8 Å². The van der Waals surface area contributed by atoms with Crippen LogP contribution >= 0.6 is 0 Å². The molecule has 53 heavy (non-hydrogen) atoms. The molecule has 0 spiro atoms. The van der Waals surface area contributed by atoms with Crippen molar-refractivity contribution in [3.05, 3.63) is 44.9 Å². The van der Waals surface area contributed by atoms with Crippen LogP contribution < -0.4 is 16.6 Å². The van der Waals surface area contributed by atoms with Crippen LogP contribution in [0.3, 0.4) is 0 Å². The zero-order valence-electron chi connectivity index (χ0n) is 31.2. The molecule has 4 rings (SSSR count). The van der Waals surface area contributed by atoms with Crippen LogP contribution in [0.2, 0.25) is 0 Å². The topological polar surface area (TPSA) is 266 Å². The number of carboxylic acid groups (broad SMARTS) is 1. The summed E-state index contributed by atoms with van der Waals surface area (Å²) in [6.45, 7) is 14.6. The first-order valence-electron chi connectivity index (χ1n) is 17.4. The number of hydrogen-bond donors (Lipinski definition) is 7. The number of ether oxygens (including phenoxy) is 4. The minimum absolute atomic E-state index is 0.116. The summed E-state index contributed by atoms with van der Waals surface area (Å²) < 4.78 is 23.6. The van der Waals surface area contributed by atoms with Crippen molar-refractivity contribution in [2.24, 2.45) is 0 Å². The van der Waals surface area contributed by atoms with Gasteiger partial charge in [-0.2, -0.15) is 0 Å². The third-order valence-corrected chi connectivity index (χ3v) is 9.05. The maximum Gasteiger partial charge on any atom is 0.407 e. The molecule has 300 valence electrons. The molecule has 10 atom stereocenters. The summed E-state index contributed by atoms with van der Waals surface area (Å²) in [5.74, 6) is -2.24. The quantitative estimate of drug-likeness (QED) is 0.124. The van der Waals surface area contributed by atoms with Gasteiger partial charge in [0.2, 0.25) is 5.91 Å². The van der Waals surface area contributed by atoms with Crippen LogP contribution in [0.25, 0.3) is 0 Å². The van der Waals surface area contributed by atoms with Crippen LogP contribution in [0.4, 0.5) is 4.79 Å². The van der Waals surface area contributed by atoms with Crippen LogP contribution in [-0.2, 0) is 28.5 Å². The van der Waals surface area contributed by atoms with Crippen molar-refractivity contribution in [3.63, 3.8) is 0 Å². The Balaban J connectivity index is 0.000000980. The van der Waals surface area contributed by atoms with E-state index >= 15 is 0 Å². The van der Waals surface area contributed by atoms with Crippen LogP contribution in [0.5, 0.6) is 0 Å².